The number of hydrogen-bond donors (Lipinski definition) is 1. The highest BCUT2D eigenvalue weighted by atomic mass is 15.0. The molecular weight excluding hydrogens is 182 g/mol. The van der Waals surface area contributed by atoms with Crippen molar-refractivity contribution in [1.29, 1.82) is 0 Å². The molecule has 0 radical (unpaired) electrons. The third kappa shape index (κ3) is 2.38. The molecule has 4 atom stereocenters. The van der Waals surface area contributed by atoms with Crippen LogP contribution >= 0.6 is 0 Å². The Bertz CT molecular complexity index is 216. The molecule has 0 amide bonds. The van der Waals surface area contributed by atoms with Crippen LogP contribution in [0.2, 0.25) is 0 Å². The lowest BCUT2D eigenvalue weighted by molar-refractivity contribution is 0.0564. The second-order valence-electron chi connectivity index (χ2n) is 6.83. The quantitative estimate of drug-likeness (QED) is 0.643. The van der Waals surface area contributed by atoms with Gasteiger partial charge in [-0.2, -0.15) is 0 Å². The minimum atomic E-state index is 0.480. The van der Waals surface area contributed by atoms with Crippen LogP contribution in [0, 0.1) is 17.3 Å². The van der Waals surface area contributed by atoms with E-state index in [-0.39, 0.29) is 0 Å². The molecule has 0 aromatic rings. The Balaban J connectivity index is 2.11. The first kappa shape index (κ1) is 11.4. The molecule has 2 fully saturated rings. The van der Waals surface area contributed by atoms with E-state index in [2.05, 4.69) is 33.0 Å². The molecule has 0 aromatic carbocycles. The lowest BCUT2D eigenvalue weighted by Crippen LogP contribution is -2.55. The van der Waals surface area contributed by atoms with Crippen molar-refractivity contribution in [2.75, 3.05) is 0 Å². The lowest BCUT2D eigenvalue weighted by Gasteiger charge is -2.49. The Labute approximate surface area is 95.0 Å². The second-order valence-corrected chi connectivity index (χ2v) is 6.83. The molecule has 2 rings (SSSR count). The molecule has 1 N–H and O–H groups in total. The van der Waals surface area contributed by atoms with Crippen LogP contribution in [-0.4, -0.2) is 12.1 Å². The molecule has 88 valence electrons. The Kier molecular flexibility index (Phi) is 3.12. The average molecular weight is 209 g/mol. The standard InChI is InChI=1S/C14H27N/c1-10-8-9-11-6-5-7-12(13(11)15-10)14(2,3)4/h10-13,15H,5-9H2,1-4H3/t10-,11+,12-,13-/m0/s1. The van der Waals surface area contributed by atoms with E-state index in [0.717, 1.165) is 23.9 Å². The van der Waals surface area contributed by atoms with Gasteiger partial charge >= 0.3 is 0 Å². The van der Waals surface area contributed by atoms with Gasteiger partial charge < -0.3 is 5.32 Å². The largest absolute Gasteiger partial charge is 0.311 e. The zero-order valence-electron chi connectivity index (χ0n) is 10.8. The van der Waals surface area contributed by atoms with Crippen LogP contribution in [0.4, 0.5) is 0 Å². The van der Waals surface area contributed by atoms with E-state index < -0.39 is 0 Å². The van der Waals surface area contributed by atoms with Gasteiger partial charge in [0.1, 0.15) is 0 Å². The SMILES string of the molecule is C[C@H]1CC[C@H]2CCC[C@H](C(C)(C)C)[C@H]2N1. The van der Waals surface area contributed by atoms with E-state index in [0.29, 0.717) is 5.41 Å². The zero-order chi connectivity index (χ0) is 11.1. The molecule has 0 spiro atoms. The minimum absolute atomic E-state index is 0.480. The summed E-state index contributed by atoms with van der Waals surface area (Å²) in [6, 6.07) is 1.55. The summed E-state index contributed by atoms with van der Waals surface area (Å²) in [5.41, 5.74) is 0.480. The number of hydrogen-bond acceptors (Lipinski definition) is 1. The van der Waals surface area contributed by atoms with Gasteiger partial charge in [-0.15, -0.1) is 0 Å². The van der Waals surface area contributed by atoms with Gasteiger partial charge in [0.2, 0.25) is 0 Å². The van der Waals surface area contributed by atoms with E-state index >= 15 is 0 Å². The van der Waals surface area contributed by atoms with Crippen molar-refractivity contribution in [3.05, 3.63) is 0 Å². The van der Waals surface area contributed by atoms with Crippen molar-refractivity contribution < 1.29 is 0 Å². The molecule has 1 aliphatic heterocycles. The molecule has 0 aromatic heterocycles. The van der Waals surface area contributed by atoms with Gasteiger partial charge in [0, 0.05) is 12.1 Å². The lowest BCUT2D eigenvalue weighted by atomic mass is 9.63. The van der Waals surface area contributed by atoms with Gasteiger partial charge in [0.25, 0.3) is 0 Å². The molecule has 2 aliphatic rings. The Morgan fingerprint density at radius 3 is 2.40 bits per heavy atom. The van der Waals surface area contributed by atoms with Crippen LogP contribution in [0.25, 0.3) is 0 Å². The highest BCUT2D eigenvalue weighted by Crippen LogP contribution is 2.43. The summed E-state index contributed by atoms with van der Waals surface area (Å²) in [5.74, 6) is 1.86. The average Bonchev–Trinajstić information content (AvgIpc) is 2.15. The van der Waals surface area contributed by atoms with E-state index in [1.807, 2.05) is 0 Å². The van der Waals surface area contributed by atoms with Gasteiger partial charge in [-0.3, -0.25) is 0 Å². The molecule has 1 saturated carbocycles. The van der Waals surface area contributed by atoms with Gasteiger partial charge in [-0.25, -0.2) is 0 Å². The molecule has 15 heavy (non-hydrogen) atoms. The highest BCUT2D eigenvalue weighted by molar-refractivity contribution is 4.96. The van der Waals surface area contributed by atoms with Crippen molar-refractivity contribution in [2.45, 2.75) is 71.9 Å². The number of rotatable bonds is 0. The van der Waals surface area contributed by atoms with E-state index in [4.69, 9.17) is 0 Å². The van der Waals surface area contributed by atoms with E-state index in [1.54, 1.807) is 0 Å². The zero-order valence-corrected chi connectivity index (χ0v) is 10.8. The normalized spacial score (nSPS) is 42.4. The predicted octanol–water partition coefficient (Wildman–Crippen LogP) is 3.59. The molecule has 1 nitrogen and oxygen atoms in total. The van der Waals surface area contributed by atoms with Crippen LogP contribution in [0.1, 0.15) is 59.8 Å². The molecule has 1 heterocycles. The highest BCUT2D eigenvalue weighted by Gasteiger charge is 2.41. The maximum Gasteiger partial charge on any atom is 0.0131 e. The van der Waals surface area contributed by atoms with Crippen molar-refractivity contribution in [1.82, 2.24) is 5.32 Å². The fourth-order valence-electron chi connectivity index (χ4n) is 3.71. The summed E-state index contributed by atoms with van der Waals surface area (Å²) in [6.45, 7) is 9.60. The van der Waals surface area contributed by atoms with Crippen molar-refractivity contribution >= 4 is 0 Å². The predicted molar refractivity (Wildman–Crippen MR) is 65.9 cm³/mol. The van der Waals surface area contributed by atoms with Crippen molar-refractivity contribution in [2.24, 2.45) is 17.3 Å². The minimum Gasteiger partial charge on any atom is -0.311 e. The summed E-state index contributed by atoms with van der Waals surface area (Å²) in [5, 5.41) is 3.87. The van der Waals surface area contributed by atoms with Crippen LogP contribution < -0.4 is 5.32 Å². The van der Waals surface area contributed by atoms with Gasteiger partial charge in [-0.05, 0) is 49.9 Å². The summed E-state index contributed by atoms with van der Waals surface area (Å²) in [6.07, 6.45) is 7.21. The van der Waals surface area contributed by atoms with E-state index in [1.165, 1.54) is 32.1 Å². The number of piperidine rings is 1. The van der Waals surface area contributed by atoms with Crippen molar-refractivity contribution in [3.63, 3.8) is 0 Å². The Morgan fingerprint density at radius 2 is 1.73 bits per heavy atom. The van der Waals surface area contributed by atoms with Crippen LogP contribution in [0.5, 0.6) is 0 Å². The van der Waals surface area contributed by atoms with E-state index in [9.17, 15) is 0 Å². The summed E-state index contributed by atoms with van der Waals surface area (Å²) in [7, 11) is 0. The first-order chi connectivity index (χ1) is 6.98. The van der Waals surface area contributed by atoms with Gasteiger partial charge in [0.05, 0.1) is 0 Å². The molecule has 1 saturated heterocycles. The van der Waals surface area contributed by atoms with Gasteiger partial charge in [0.15, 0.2) is 0 Å². The molecular formula is C14H27N. The molecule has 0 unspecified atom stereocenters. The van der Waals surface area contributed by atoms with Crippen LogP contribution in [-0.2, 0) is 0 Å². The number of nitrogens with one attached hydrogen (secondary N) is 1. The topological polar surface area (TPSA) is 12.0 Å². The molecule has 0 bridgehead atoms. The second kappa shape index (κ2) is 4.08. The fraction of sp³-hybridized carbons (Fsp3) is 1.00. The maximum atomic E-state index is 3.87. The first-order valence-electron chi connectivity index (χ1n) is 6.74. The summed E-state index contributed by atoms with van der Waals surface area (Å²) >= 11 is 0. The third-order valence-electron chi connectivity index (χ3n) is 4.59. The monoisotopic (exact) mass is 209 g/mol. The molecule has 1 aliphatic carbocycles. The fourth-order valence-corrected chi connectivity index (χ4v) is 3.71. The molecule has 1 heteroatoms. The first-order valence-corrected chi connectivity index (χ1v) is 6.74. The number of fused-ring (bicyclic) bond motifs is 1. The van der Waals surface area contributed by atoms with Crippen LogP contribution in [0.15, 0.2) is 0 Å². The van der Waals surface area contributed by atoms with Crippen LogP contribution in [0.3, 0.4) is 0 Å². The Hall–Kier alpha value is -0.0400. The van der Waals surface area contributed by atoms with Gasteiger partial charge in [-0.1, -0.05) is 27.2 Å². The summed E-state index contributed by atoms with van der Waals surface area (Å²) < 4.78 is 0. The third-order valence-corrected chi connectivity index (χ3v) is 4.59. The summed E-state index contributed by atoms with van der Waals surface area (Å²) in [4.78, 5) is 0. The maximum absolute atomic E-state index is 3.87. The Morgan fingerprint density at radius 1 is 1.00 bits per heavy atom. The smallest absolute Gasteiger partial charge is 0.0131 e. The van der Waals surface area contributed by atoms with Crippen molar-refractivity contribution in [3.8, 4) is 0 Å².